The molecule has 0 saturated heterocycles. The Labute approximate surface area is 179 Å². The minimum absolute atomic E-state index is 0.0150. The minimum atomic E-state index is -3.87. The molecule has 1 amide bonds. The maximum Gasteiger partial charge on any atom is 0.387 e. The third-order valence-electron chi connectivity index (χ3n) is 4.45. The number of nitrogens with zero attached hydrogens (tertiary/aromatic N) is 1. The first-order valence-electron chi connectivity index (χ1n) is 9.23. The summed E-state index contributed by atoms with van der Waals surface area (Å²) in [6.07, 6.45) is 0. The van der Waals surface area contributed by atoms with Crippen LogP contribution in [0.2, 0.25) is 0 Å². The SMILES string of the molecule is CN(c1ccccc1)S(=O)(=O)c1cccc(C(=O)NCc2cccc(OC(F)F)c2)c1. The Morgan fingerprint density at radius 3 is 2.42 bits per heavy atom. The number of amides is 1. The van der Waals surface area contributed by atoms with E-state index >= 15 is 0 Å². The molecule has 0 radical (unpaired) electrons. The van der Waals surface area contributed by atoms with E-state index in [2.05, 4.69) is 10.1 Å². The molecule has 0 bridgehead atoms. The van der Waals surface area contributed by atoms with Gasteiger partial charge in [0.25, 0.3) is 15.9 Å². The zero-order valence-corrected chi connectivity index (χ0v) is 17.4. The molecule has 0 aliphatic heterocycles. The first-order valence-corrected chi connectivity index (χ1v) is 10.7. The average molecular weight is 446 g/mol. The number of carbonyl (C=O) groups excluding carboxylic acids is 1. The highest BCUT2D eigenvalue weighted by atomic mass is 32.2. The molecule has 162 valence electrons. The van der Waals surface area contributed by atoms with Crippen LogP contribution in [0, 0.1) is 0 Å². The van der Waals surface area contributed by atoms with Gasteiger partial charge >= 0.3 is 6.61 Å². The molecular formula is C22H20F2N2O4S. The molecule has 0 aliphatic rings. The summed E-state index contributed by atoms with van der Waals surface area (Å²) < 4.78 is 56.0. The molecule has 0 unspecified atom stereocenters. The molecular weight excluding hydrogens is 426 g/mol. The highest BCUT2D eigenvalue weighted by molar-refractivity contribution is 7.92. The number of hydrogen-bond donors (Lipinski definition) is 1. The van der Waals surface area contributed by atoms with Crippen molar-refractivity contribution in [3.05, 3.63) is 90.0 Å². The van der Waals surface area contributed by atoms with E-state index in [1.165, 1.54) is 49.5 Å². The second-order valence-corrected chi connectivity index (χ2v) is 8.51. The molecule has 1 N–H and O–H groups in total. The summed E-state index contributed by atoms with van der Waals surface area (Å²) in [4.78, 5) is 12.5. The summed E-state index contributed by atoms with van der Waals surface area (Å²) in [6.45, 7) is -2.89. The number of anilines is 1. The van der Waals surface area contributed by atoms with Crippen molar-refractivity contribution >= 4 is 21.6 Å². The fourth-order valence-electron chi connectivity index (χ4n) is 2.85. The Morgan fingerprint density at radius 1 is 1.00 bits per heavy atom. The number of alkyl halides is 2. The summed E-state index contributed by atoms with van der Waals surface area (Å²) in [5, 5.41) is 2.64. The van der Waals surface area contributed by atoms with Gasteiger partial charge in [0.05, 0.1) is 10.6 Å². The van der Waals surface area contributed by atoms with E-state index in [0.29, 0.717) is 11.3 Å². The average Bonchev–Trinajstić information content (AvgIpc) is 2.77. The molecule has 0 spiro atoms. The smallest absolute Gasteiger partial charge is 0.387 e. The Balaban J connectivity index is 1.73. The van der Waals surface area contributed by atoms with E-state index in [9.17, 15) is 22.0 Å². The van der Waals surface area contributed by atoms with Crippen LogP contribution in [0.3, 0.4) is 0 Å². The third kappa shape index (κ3) is 5.58. The van der Waals surface area contributed by atoms with Gasteiger partial charge in [-0.1, -0.05) is 36.4 Å². The summed E-state index contributed by atoms with van der Waals surface area (Å²) >= 11 is 0. The van der Waals surface area contributed by atoms with Gasteiger partial charge in [-0.15, -0.1) is 0 Å². The number of carbonyl (C=O) groups is 1. The fraction of sp³-hybridized carbons (Fsp3) is 0.136. The zero-order valence-electron chi connectivity index (χ0n) is 16.5. The first-order chi connectivity index (χ1) is 14.8. The van der Waals surface area contributed by atoms with Crippen LogP contribution in [-0.4, -0.2) is 28.0 Å². The largest absolute Gasteiger partial charge is 0.435 e. The number of halogens is 2. The molecule has 3 aromatic carbocycles. The number of nitrogens with one attached hydrogen (secondary N) is 1. The Hall–Kier alpha value is -3.46. The maximum atomic E-state index is 12.9. The van der Waals surface area contributed by atoms with E-state index in [1.54, 1.807) is 36.4 Å². The van der Waals surface area contributed by atoms with Gasteiger partial charge in [-0.3, -0.25) is 9.10 Å². The van der Waals surface area contributed by atoms with Gasteiger partial charge in [-0.2, -0.15) is 8.78 Å². The lowest BCUT2D eigenvalue weighted by Crippen LogP contribution is -2.27. The summed E-state index contributed by atoms with van der Waals surface area (Å²) in [5.41, 5.74) is 1.20. The van der Waals surface area contributed by atoms with Gasteiger partial charge in [0.1, 0.15) is 5.75 Å². The number of rotatable bonds is 8. The molecule has 0 aromatic heterocycles. The van der Waals surface area contributed by atoms with Crippen LogP contribution < -0.4 is 14.4 Å². The Morgan fingerprint density at radius 2 is 1.71 bits per heavy atom. The van der Waals surface area contributed by atoms with E-state index in [0.717, 1.165) is 4.31 Å². The van der Waals surface area contributed by atoms with Crippen LogP contribution in [0.4, 0.5) is 14.5 Å². The third-order valence-corrected chi connectivity index (χ3v) is 6.23. The number of ether oxygens (including phenoxy) is 1. The summed E-state index contributed by atoms with van der Waals surface area (Å²) in [6, 6.07) is 20.2. The Bertz CT molecular complexity index is 1150. The molecule has 0 aliphatic carbocycles. The topological polar surface area (TPSA) is 75.7 Å². The van der Waals surface area contributed by atoms with E-state index < -0.39 is 22.5 Å². The first kappa shape index (κ1) is 22.2. The second kappa shape index (κ2) is 9.57. The van der Waals surface area contributed by atoms with Crippen molar-refractivity contribution in [1.29, 1.82) is 0 Å². The van der Waals surface area contributed by atoms with Crippen LogP contribution in [0.5, 0.6) is 5.75 Å². The second-order valence-electron chi connectivity index (χ2n) is 6.54. The van der Waals surface area contributed by atoms with Crippen molar-refractivity contribution in [2.75, 3.05) is 11.4 Å². The predicted octanol–water partition coefficient (Wildman–Crippen LogP) is 4.04. The molecule has 6 nitrogen and oxygen atoms in total. The minimum Gasteiger partial charge on any atom is -0.435 e. The number of para-hydroxylation sites is 1. The molecule has 0 saturated carbocycles. The van der Waals surface area contributed by atoms with Gasteiger partial charge in [-0.25, -0.2) is 8.42 Å². The van der Waals surface area contributed by atoms with Crippen molar-refractivity contribution in [2.45, 2.75) is 18.1 Å². The Kier molecular flexibility index (Phi) is 6.86. The quantitative estimate of drug-likeness (QED) is 0.567. The molecule has 31 heavy (non-hydrogen) atoms. The molecule has 3 aromatic rings. The van der Waals surface area contributed by atoms with E-state index in [1.807, 2.05) is 0 Å². The number of sulfonamides is 1. The van der Waals surface area contributed by atoms with E-state index in [-0.39, 0.29) is 22.8 Å². The van der Waals surface area contributed by atoms with Crippen molar-refractivity contribution in [3.63, 3.8) is 0 Å². The van der Waals surface area contributed by atoms with Crippen molar-refractivity contribution in [1.82, 2.24) is 5.32 Å². The van der Waals surface area contributed by atoms with Gasteiger partial charge in [0, 0.05) is 19.2 Å². The van der Waals surface area contributed by atoms with Crippen LogP contribution in [0.15, 0.2) is 83.8 Å². The standard InChI is InChI=1S/C22H20F2N2O4S/c1-26(18-9-3-2-4-10-18)31(28,29)20-12-6-8-17(14-20)21(27)25-15-16-7-5-11-19(13-16)30-22(23)24/h2-14,22H,15H2,1H3,(H,25,27). The van der Waals surface area contributed by atoms with Crippen molar-refractivity contribution < 1.29 is 26.7 Å². The highest BCUT2D eigenvalue weighted by Crippen LogP contribution is 2.22. The molecule has 0 fully saturated rings. The lowest BCUT2D eigenvalue weighted by molar-refractivity contribution is -0.0498. The van der Waals surface area contributed by atoms with Gasteiger partial charge in [-0.05, 0) is 48.0 Å². The lowest BCUT2D eigenvalue weighted by Gasteiger charge is -2.19. The van der Waals surface area contributed by atoms with Crippen LogP contribution in [0.25, 0.3) is 0 Å². The van der Waals surface area contributed by atoms with Crippen LogP contribution in [0.1, 0.15) is 15.9 Å². The summed E-state index contributed by atoms with van der Waals surface area (Å²) in [7, 11) is -2.43. The van der Waals surface area contributed by atoms with Crippen molar-refractivity contribution in [2.24, 2.45) is 0 Å². The lowest BCUT2D eigenvalue weighted by atomic mass is 10.2. The van der Waals surface area contributed by atoms with Crippen LogP contribution in [-0.2, 0) is 16.6 Å². The fourth-order valence-corrected chi connectivity index (χ4v) is 4.09. The highest BCUT2D eigenvalue weighted by Gasteiger charge is 2.22. The monoisotopic (exact) mass is 446 g/mol. The number of benzene rings is 3. The van der Waals surface area contributed by atoms with E-state index in [4.69, 9.17) is 0 Å². The van der Waals surface area contributed by atoms with Gasteiger partial charge in [0.15, 0.2) is 0 Å². The predicted molar refractivity (Wildman–Crippen MR) is 113 cm³/mol. The number of hydrogen-bond acceptors (Lipinski definition) is 4. The molecule has 3 rings (SSSR count). The molecule has 9 heteroatoms. The molecule has 0 atom stereocenters. The van der Waals surface area contributed by atoms with Crippen LogP contribution >= 0.6 is 0 Å². The molecule has 0 heterocycles. The van der Waals surface area contributed by atoms with Gasteiger partial charge < -0.3 is 10.1 Å². The zero-order chi connectivity index (χ0) is 22.4. The van der Waals surface area contributed by atoms with Gasteiger partial charge in [0.2, 0.25) is 0 Å². The summed E-state index contributed by atoms with van der Waals surface area (Å²) in [5.74, 6) is -0.515. The maximum absolute atomic E-state index is 12.9. The normalized spacial score (nSPS) is 11.2. The van der Waals surface area contributed by atoms with Crippen molar-refractivity contribution in [3.8, 4) is 5.75 Å².